The van der Waals surface area contributed by atoms with Gasteiger partial charge in [0.15, 0.2) is 0 Å². The number of carboxylic acids is 1. The lowest BCUT2D eigenvalue weighted by atomic mass is 10.3. The zero-order chi connectivity index (χ0) is 13.4. The monoisotopic (exact) mass is 268 g/mol. The van der Waals surface area contributed by atoms with E-state index in [1.54, 1.807) is 17.8 Å². The van der Waals surface area contributed by atoms with E-state index in [2.05, 4.69) is 17.2 Å². The number of pyridine rings is 1. The molecule has 0 saturated heterocycles. The Labute approximate surface area is 110 Å². The molecule has 1 heterocycles. The van der Waals surface area contributed by atoms with E-state index >= 15 is 0 Å². The average Bonchev–Trinajstić information content (AvgIpc) is 2.35. The first-order valence-corrected chi connectivity index (χ1v) is 6.86. The van der Waals surface area contributed by atoms with E-state index in [1.165, 1.54) is 12.3 Å². The summed E-state index contributed by atoms with van der Waals surface area (Å²) >= 11 is 1.57. The van der Waals surface area contributed by atoms with E-state index in [-0.39, 0.29) is 11.6 Å². The van der Waals surface area contributed by atoms with Gasteiger partial charge in [0, 0.05) is 11.9 Å². The van der Waals surface area contributed by atoms with Gasteiger partial charge in [-0.3, -0.25) is 4.79 Å². The molecular weight excluding hydrogens is 252 g/mol. The summed E-state index contributed by atoms with van der Waals surface area (Å²) < 4.78 is 0. The van der Waals surface area contributed by atoms with Gasteiger partial charge < -0.3 is 10.4 Å². The normalized spacial score (nSPS) is 10.1. The zero-order valence-electron chi connectivity index (χ0n) is 10.2. The fourth-order valence-corrected chi connectivity index (χ4v) is 2.13. The van der Waals surface area contributed by atoms with Gasteiger partial charge in [-0.2, -0.15) is 11.8 Å². The first-order chi connectivity index (χ1) is 8.63. The van der Waals surface area contributed by atoms with Gasteiger partial charge in [0.2, 0.25) is 5.91 Å². The van der Waals surface area contributed by atoms with Gasteiger partial charge in [-0.25, -0.2) is 9.78 Å². The maximum absolute atomic E-state index is 11.6. The second-order valence-electron chi connectivity index (χ2n) is 3.69. The number of aromatic carboxylic acids is 1. The number of carbonyl (C=O) groups is 2. The van der Waals surface area contributed by atoms with Crippen LogP contribution in [0.2, 0.25) is 0 Å². The number of anilines is 1. The van der Waals surface area contributed by atoms with Gasteiger partial charge in [-0.05, 0) is 24.3 Å². The standard InChI is InChI=1S/C12H16N2O3S/c1-2-3-6-18-8-11(15)14-9-4-5-13-10(7-9)12(16)17/h4-5,7H,2-3,6,8H2,1H3,(H,16,17)(H,13,14,15). The first kappa shape index (κ1) is 14.5. The van der Waals surface area contributed by atoms with Crippen LogP contribution in [0, 0.1) is 0 Å². The van der Waals surface area contributed by atoms with Crippen LogP contribution < -0.4 is 5.32 Å². The molecule has 1 aromatic heterocycles. The third kappa shape index (κ3) is 5.18. The van der Waals surface area contributed by atoms with Crippen LogP contribution in [-0.4, -0.2) is 33.5 Å². The predicted molar refractivity (Wildman–Crippen MR) is 72.1 cm³/mol. The van der Waals surface area contributed by atoms with Crippen molar-refractivity contribution in [3.8, 4) is 0 Å². The molecule has 2 N–H and O–H groups in total. The molecule has 6 heteroatoms. The van der Waals surface area contributed by atoms with E-state index in [0.29, 0.717) is 11.4 Å². The van der Waals surface area contributed by atoms with Crippen LogP contribution >= 0.6 is 11.8 Å². The fourth-order valence-electron chi connectivity index (χ4n) is 1.23. The van der Waals surface area contributed by atoms with Crippen molar-refractivity contribution < 1.29 is 14.7 Å². The van der Waals surface area contributed by atoms with Crippen LogP contribution in [0.15, 0.2) is 18.3 Å². The van der Waals surface area contributed by atoms with Crippen molar-refractivity contribution in [3.05, 3.63) is 24.0 Å². The molecule has 0 aliphatic carbocycles. The first-order valence-electron chi connectivity index (χ1n) is 5.70. The third-order valence-corrected chi connectivity index (χ3v) is 3.18. The number of nitrogens with zero attached hydrogens (tertiary/aromatic N) is 1. The Balaban J connectivity index is 2.44. The molecule has 0 fully saturated rings. The number of thioether (sulfide) groups is 1. The molecule has 0 unspecified atom stereocenters. The van der Waals surface area contributed by atoms with Gasteiger partial charge in [0.1, 0.15) is 5.69 Å². The van der Waals surface area contributed by atoms with Crippen molar-refractivity contribution in [1.82, 2.24) is 4.98 Å². The molecule has 0 bridgehead atoms. The molecule has 18 heavy (non-hydrogen) atoms. The van der Waals surface area contributed by atoms with E-state index < -0.39 is 5.97 Å². The van der Waals surface area contributed by atoms with E-state index in [1.807, 2.05) is 0 Å². The minimum atomic E-state index is -1.11. The molecule has 1 amide bonds. The molecule has 1 rings (SSSR count). The lowest BCUT2D eigenvalue weighted by Gasteiger charge is -2.05. The van der Waals surface area contributed by atoms with Crippen molar-refractivity contribution in [3.63, 3.8) is 0 Å². The van der Waals surface area contributed by atoms with E-state index in [9.17, 15) is 9.59 Å². The Morgan fingerprint density at radius 3 is 2.94 bits per heavy atom. The number of carbonyl (C=O) groups excluding carboxylic acids is 1. The Morgan fingerprint density at radius 1 is 1.50 bits per heavy atom. The lowest BCUT2D eigenvalue weighted by molar-refractivity contribution is -0.113. The predicted octanol–water partition coefficient (Wildman–Crippen LogP) is 2.25. The number of hydrogen-bond donors (Lipinski definition) is 2. The van der Waals surface area contributed by atoms with Gasteiger partial charge in [-0.15, -0.1) is 0 Å². The molecule has 0 saturated carbocycles. The molecule has 0 radical (unpaired) electrons. The highest BCUT2D eigenvalue weighted by molar-refractivity contribution is 7.99. The Morgan fingerprint density at radius 2 is 2.28 bits per heavy atom. The van der Waals surface area contributed by atoms with E-state index in [4.69, 9.17) is 5.11 Å². The summed E-state index contributed by atoms with van der Waals surface area (Å²) in [5.74, 6) is 0.104. The molecule has 0 aromatic carbocycles. The van der Waals surface area contributed by atoms with Crippen molar-refractivity contribution >= 4 is 29.3 Å². The Hall–Kier alpha value is -1.56. The number of unbranched alkanes of at least 4 members (excludes halogenated alkanes) is 1. The third-order valence-electron chi connectivity index (χ3n) is 2.14. The highest BCUT2D eigenvalue weighted by atomic mass is 32.2. The molecule has 5 nitrogen and oxygen atoms in total. The maximum atomic E-state index is 11.6. The lowest BCUT2D eigenvalue weighted by Crippen LogP contribution is -2.15. The van der Waals surface area contributed by atoms with Crippen LogP contribution in [0.5, 0.6) is 0 Å². The molecule has 1 aromatic rings. The largest absolute Gasteiger partial charge is 0.477 e. The Bertz CT molecular complexity index is 424. The zero-order valence-corrected chi connectivity index (χ0v) is 11.0. The number of hydrogen-bond acceptors (Lipinski definition) is 4. The summed E-state index contributed by atoms with van der Waals surface area (Å²) in [5, 5.41) is 11.4. The molecular formula is C12H16N2O3S. The van der Waals surface area contributed by atoms with Crippen LogP contribution in [-0.2, 0) is 4.79 Å². The minimum Gasteiger partial charge on any atom is -0.477 e. The van der Waals surface area contributed by atoms with Gasteiger partial charge in [-0.1, -0.05) is 13.3 Å². The summed E-state index contributed by atoms with van der Waals surface area (Å²) in [5.41, 5.74) is 0.384. The van der Waals surface area contributed by atoms with Gasteiger partial charge in [0.05, 0.1) is 5.75 Å². The van der Waals surface area contributed by atoms with Crippen molar-refractivity contribution in [2.45, 2.75) is 19.8 Å². The summed E-state index contributed by atoms with van der Waals surface area (Å²) in [4.78, 5) is 25.9. The molecule has 0 aliphatic rings. The molecule has 0 aliphatic heterocycles. The molecule has 0 atom stereocenters. The second-order valence-corrected chi connectivity index (χ2v) is 4.79. The fraction of sp³-hybridized carbons (Fsp3) is 0.417. The summed E-state index contributed by atoms with van der Waals surface area (Å²) in [7, 11) is 0. The van der Waals surface area contributed by atoms with Crippen LogP contribution in [0.4, 0.5) is 5.69 Å². The minimum absolute atomic E-state index is 0.0774. The number of carboxylic acid groups (broad SMARTS) is 1. The number of amides is 1. The highest BCUT2D eigenvalue weighted by Gasteiger charge is 2.07. The summed E-state index contributed by atoms with van der Waals surface area (Å²) in [6.45, 7) is 2.10. The van der Waals surface area contributed by atoms with Crippen molar-refractivity contribution in [2.24, 2.45) is 0 Å². The van der Waals surface area contributed by atoms with Crippen molar-refractivity contribution in [1.29, 1.82) is 0 Å². The summed E-state index contributed by atoms with van der Waals surface area (Å²) in [6, 6.07) is 2.91. The second kappa shape index (κ2) is 7.71. The van der Waals surface area contributed by atoms with E-state index in [0.717, 1.165) is 18.6 Å². The van der Waals surface area contributed by atoms with Crippen LogP contribution in [0.1, 0.15) is 30.3 Å². The van der Waals surface area contributed by atoms with Crippen molar-refractivity contribution in [2.75, 3.05) is 16.8 Å². The molecule has 0 spiro atoms. The SMILES string of the molecule is CCCCSCC(=O)Nc1ccnc(C(=O)O)c1. The Kier molecular flexibility index (Phi) is 6.21. The highest BCUT2D eigenvalue weighted by Crippen LogP contribution is 2.10. The van der Waals surface area contributed by atoms with Crippen LogP contribution in [0.25, 0.3) is 0 Å². The number of aromatic nitrogens is 1. The molecule has 98 valence electrons. The smallest absolute Gasteiger partial charge is 0.354 e. The maximum Gasteiger partial charge on any atom is 0.354 e. The topological polar surface area (TPSA) is 79.3 Å². The van der Waals surface area contributed by atoms with Gasteiger partial charge >= 0.3 is 5.97 Å². The number of rotatable bonds is 7. The van der Waals surface area contributed by atoms with Crippen LogP contribution in [0.3, 0.4) is 0 Å². The number of nitrogens with one attached hydrogen (secondary N) is 1. The average molecular weight is 268 g/mol. The summed E-state index contributed by atoms with van der Waals surface area (Å²) in [6.07, 6.45) is 3.57. The van der Waals surface area contributed by atoms with Gasteiger partial charge in [0.25, 0.3) is 0 Å². The quantitative estimate of drug-likeness (QED) is 0.741.